The number of nitrogens with zero attached hydrogens (tertiary/aromatic N) is 1. The van der Waals surface area contributed by atoms with Gasteiger partial charge < -0.3 is 15.5 Å². The maximum absolute atomic E-state index is 11.6. The van der Waals surface area contributed by atoms with Crippen molar-refractivity contribution in [2.75, 3.05) is 26.7 Å². The number of nitrogens with one attached hydrogen (secondary N) is 2. The van der Waals surface area contributed by atoms with Gasteiger partial charge in [-0.3, -0.25) is 4.79 Å². The molecule has 0 aromatic carbocycles. The summed E-state index contributed by atoms with van der Waals surface area (Å²) in [6.45, 7) is 10.8. The lowest BCUT2D eigenvalue weighted by Crippen LogP contribution is -2.42. The smallest absolute Gasteiger partial charge is 0.234 e. The summed E-state index contributed by atoms with van der Waals surface area (Å²) in [5.74, 6) is 0.103. The highest BCUT2D eigenvalue weighted by Crippen LogP contribution is 1.95. The monoisotopic (exact) mass is 243 g/mol. The van der Waals surface area contributed by atoms with Gasteiger partial charge in [0.1, 0.15) is 0 Å². The van der Waals surface area contributed by atoms with Gasteiger partial charge in [0.25, 0.3) is 0 Å². The van der Waals surface area contributed by atoms with Crippen LogP contribution in [-0.2, 0) is 4.79 Å². The first kappa shape index (κ1) is 16.4. The Hall–Kier alpha value is -0.610. The van der Waals surface area contributed by atoms with Gasteiger partial charge >= 0.3 is 0 Å². The standard InChI is InChI=1S/C13H29N3O/c1-6-12(7-2)15-13(17)10-14-8-9-16(5)11(3)4/h11-12,14H,6-10H2,1-5H3,(H,15,17). The molecule has 0 rings (SSSR count). The van der Waals surface area contributed by atoms with Crippen LogP contribution in [0.15, 0.2) is 0 Å². The van der Waals surface area contributed by atoms with E-state index < -0.39 is 0 Å². The van der Waals surface area contributed by atoms with E-state index in [0.29, 0.717) is 18.6 Å². The minimum atomic E-state index is 0.103. The van der Waals surface area contributed by atoms with Crippen molar-refractivity contribution in [3.8, 4) is 0 Å². The van der Waals surface area contributed by atoms with Crippen molar-refractivity contribution >= 4 is 5.91 Å². The molecule has 0 aromatic heterocycles. The van der Waals surface area contributed by atoms with Crippen LogP contribution in [0.3, 0.4) is 0 Å². The van der Waals surface area contributed by atoms with Crippen LogP contribution in [0.2, 0.25) is 0 Å². The van der Waals surface area contributed by atoms with Crippen LogP contribution >= 0.6 is 0 Å². The van der Waals surface area contributed by atoms with E-state index in [0.717, 1.165) is 25.9 Å². The summed E-state index contributed by atoms with van der Waals surface area (Å²) in [6, 6.07) is 0.873. The Morgan fingerprint density at radius 2 is 1.82 bits per heavy atom. The van der Waals surface area contributed by atoms with E-state index in [1.165, 1.54) is 0 Å². The molecule has 2 N–H and O–H groups in total. The van der Waals surface area contributed by atoms with Crippen molar-refractivity contribution in [2.24, 2.45) is 0 Å². The second-order valence-electron chi connectivity index (χ2n) is 4.83. The van der Waals surface area contributed by atoms with Gasteiger partial charge in [-0.2, -0.15) is 0 Å². The van der Waals surface area contributed by atoms with E-state index in [2.05, 4.69) is 50.3 Å². The Labute approximate surface area is 106 Å². The van der Waals surface area contributed by atoms with Gasteiger partial charge in [0, 0.05) is 25.2 Å². The Balaban J connectivity index is 3.58. The molecule has 1 amide bonds. The third kappa shape index (κ3) is 8.16. The lowest BCUT2D eigenvalue weighted by molar-refractivity contribution is -0.121. The zero-order chi connectivity index (χ0) is 13.3. The molecule has 0 aliphatic carbocycles. The normalized spacial score (nSPS) is 11.5. The number of amides is 1. The van der Waals surface area contributed by atoms with E-state index >= 15 is 0 Å². The van der Waals surface area contributed by atoms with Crippen molar-refractivity contribution in [1.82, 2.24) is 15.5 Å². The molecule has 0 radical (unpaired) electrons. The number of carbonyl (C=O) groups is 1. The van der Waals surface area contributed by atoms with Crippen molar-refractivity contribution in [3.63, 3.8) is 0 Å². The van der Waals surface area contributed by atoms with Crippen molar-refractivity contribution in [2.45, 2.75) is 52.6 Å². The molecule has 0 fully saturated rings. The summed E-state index contributed by atoms with van der Waals surface area (Å²) in [4.78, 5) is 13.8. The Kier molecular flexibility index (Phi) is 9.09. The molecule has 0 heterocycles. The molecule has 0 aromatic rings. The van der Waals surface area contributed by atoms with Crippen molar-refractivity contribution in [3.05, 3.63) is 0 Å². The second kappa shape index (κ2) is 9.42. The highest BCUT2D eigenvalue weighted by atomic mass is 16.1. The molecule has 0 spiro atoms. The first-order chi connectivity index (χ1) is 8.01. The SMILES string of the molecule is CCC(CC)NC(=O)CNCCN(C)C(C)C. The highest BCUT2D eigenvalue weighted by molar-refractivity contribution is 5.78. The van der Waals surface area contributed by atoms with Crippen LogP contribution in [-0.4, -0.2) is 49.6 Å². The Morgan fingerprint density at radius 3 is 2.29 bits per heavy atom. The van der Waals surface area contributed by atoms with Crippen LogP contribution in [0.5, 0.6) is 0 Å². The molecule has 4 heteroatoms. The number of hydrogen-bond donors (Lipinski definition) is 2. The van der Waals surface area contributed by atoms with E-state index in [9.17, 15) is 4.79 Å². The molecule has 17 heavy (non-hydrogen) atoms. The minimum Gasteiger partial charge on any atom is -0.352 e. The molecular formula is C13H29N3O. The van der Waals surface area contributed by atoms with Gasteiger partial charge in [-0.05, 0) is 33.7 Å². The molecular weight excluding hydrogens is 214 g/mol. The first-order valence-electron chi connectivity index (χ1n) is 6.71. The molecule has 0 aliphatic heterocycles. The van der Waals surface area contributed by atoms with Crippen LogP contribution in [0.4, 0.5) is 0 Å². The topological polar surface area (TPSA) is 44.4 Å². The van der Waals surface area contributed by atoms with E-state index in [4.69, 9.17) is 0 Å². The summed E-state index contributed by atoms with van der Waals surface area (Å²) in [6.07, 6.45) is 2.00. The zero-order valence-electron chi connectivity index (χ0n) is 12.0. The van der Waals surface area contributed by atoms with Gasteiger partial charge in [-0.15, -0.1) is 0 Å². The van der Waals surface area contributed by atoms with Crippen molar-refractivity contribution in [1.29, 1.82) is 0 Å². The molecule has 0 atom stereocenters. The van der Waals surface area contributed by atoms with Gasteiger partial charge in [0.05, 0.1) is 6.54 Å². The lowest BCUT2D eigenvalue weighted by Gasteiger charge is -2.21. The summed E-state index contributed by atoms with van der Waals surface area (Å²) >= 11 is 0. The summed E-state index contributed by atoms with van der Waals surface area (Å²) in [7, 11) is 2.09. The predicted octanol–water partition coefficient (Wildman–Crippen LogP) is 1.22. The number of likely N-dealkylation sites (N-methyl/N-ethyl adjacent to an activating group) is 1. The highest BCUT2D eigenvalue weighted by Gasteiger charge is 2.07. The van der Waals surface area contributed by atoms with Gasteiger partial charge in [-0.25, -0.2) is 0 Å². The molecule has 0 bridgehead atoms. The predicted molar refractivity (Wildman–Crippen MR) is 73.1 cm³/mol. The van der Waals surface area contributed by atoms with Crippen LogP contribution in [0, 0.1) is 0 Å². The fourth-order valence-electron chi connectivity index (χ4n) is 1.49. The summed E-state index contributed by atoms with van der Waals surface area (Å²) < 4.78 is 0. The quantitative estimate of drug-likeness (QED) is 0.599. The number of hydrogen-bond acceptors (Lipinski definition) is 3. The minimum absolute atomic E-state index is 0.103. The second-order valence-corrected chi connectivity index (χ2v) is 4.83. The lowest BCUT2D eigenvalue weighted by atomic mass is 10.2. The summed E-state index contributed by atoms with van der Waals surface area (Å²) in [5, 5.41) is 6.18. The van der Waals surface area contributed by atoms with Crippen LogP contribution < -0.4 is 10.6 Å². The third-order valence-electron chi connectivity index (χ3n) is 3.16. The molecule has 4 nitrogen and oxygen atoms in total. The van der Waals surface area contributed by atoms with Crippen LogP contribution in [0.1, 0.15) is 40.5 Å². The number of carbonyl (C=O) groups excluding carboxylic acids is 1. The first-order valence-corrected chi connectivity index (χ1v) is 6.71. The van der Waals surface area contributed by atoms with E-state index in [1.807, 2.05) is 0 Å². The van der Waals surface area contributed by atoms with Gasteiger partial charge in [0.2, 0.25) is 5.91 Å². The van der Waals surface area contributed by atoms with Crippen molar-refractivity contribution < 1.29 is 4.79 Å². The van der Waals surface area contributed by atoms with Crippen LogP contribution in [0.25, 0.3) is 0 Å². The third-order valence-corrected chi connectivity index (χ3v) is 3.16. The molecule has 0 saturated carbocycles. The Morgan fingerprint density at radius 1 is 1.24 bits per heavy atom. The van der Waals surface area contributed by atoms with E-state index in [-0.39, 0.29) is 5.91 Å². The van der Waals surface area contributed by atoms with Gasteiger partial charge in [-0.1, -0.05) is 13.8 Å². The number of rotatable bonds is 9. The zero-order valence-corrected chi connectivity index (χ0v) is 12.0. The van der Waals surface area contributed by atoms with E-state index in [1.54, 1.807) is 0 Å². The molecule has 0 saturated heterocycles. The maximum atomic E-state index is 11.6. The maximum Gasteiger partial charge on any atom is 0.234 e. The average Bonchev–Trinajstić information content (AvgIpc) is 2.31. The van der Waals surface area contributed by atoms with Gasteiger partial charge in [0.15, 0.2) is 0 Å². The average molecular weight is 243 g/mol. The largest absolute Gasteiger partial charge is 0.352 e. The molecule has 0 aliphatic rings. The fraction of sp³-hybridized carbons (Fsp3) is 0.923. The fourth-order valence-corrected chi connectivity index (χ4v) is 1.49. The Bertz CT molecular complexity index is 203. The molecule has 0 unspecified atom stereocenters. The summed E-state index contributed by atoms with van der Waals surface area (Å²) in [5.41, 5.74) is 0. The molecule has 102 valence electrons.